The molecule has 2 unspecified atom stereocenters. The monoisotopic (exact) mass is 369 g/mol. The van der Waals surface area contributed by atoms with Crippen molar-refractivity contribution in [3.05, 3.63) is 71.5 Å². The van der Waals surface area contributed by atoms with Gasteiger partial charge in [0.1, 0.15) is 12.4 Å². The second kappa shape index (κ2) is 7.31. The molecule has 2 atom stereocenters. The molecule has 5 heteroatoms. The van der Waals surface area contributed by atoms with Crippen LogP contribution in [-0.2, 0) is 17.8 Å². The van der Waals surface area contributed by atoms with Crippen LogP contribution in [0.3, 0.4) is 0 Å². The van der Waals surface area contributed by atoms with Crippen LogP contribution in [0.5, 0.6) is 0 Å². The van der Waals surface area contributed by atoms with Crippen molar-refractivity contribution in [2.24, 2.45) is 11.8 Å². The second-order valence-corrected chi connectivity index (χ2v) is 7.87. The molecule has 1 saturated heterocycles. The third kappa shape index (κ3) is 3.98. The number of amides is 1. The van der Waals surface area contributed by atoms with Crippen LogP contribution in [0.4, 0.5) is 9.18 Å². The zero-order valence-corrected chi connectivity index (χ0v) is 15.2. The average Bonchev–Trinajstić information content (AvgIpc) is 3.17. The van der Waals surface area contributed by atoms with Gasteiger partial charge in [0.15, 0.2) is 0 Å². The number of carbonyl (C=O) groups excluding carboxylic acids is 1. The van der Waals surface area contributed by atoms with E-state index in [0.717, 1.165) is 5.56 Å². The summed E-state index contributed by atoms with van der Waals surface area (Å²) in [5, 5.41) is 11.0. The summed E-state index contributed by atoms with van der Waals surface area (Å²) in [6.45, 7) is 1.46. The summed E-state index contributed by atoms with van der Waals surface area (Å²) in [6.07, 6.45) is 1.21. The molecule has 0 aromatic heterocycles. The van der Waals surface area contributed by atoms with E-state index in [1.807, 2.05) is 30.3 Å². The van der Waals surface area contributed by atoms with Crippen molar-refractivity contribution >= 4 is 6.09 Å². The van der Waals surface area contributed by atoms with Crippen molar-refractivity contribution in [3.63, 3.8) is 0 Å². The molecule has 1 aliphatic carbocycles. The summed E-state index contributed by atoms with van der Waals surface area (Å²) in [4.78, 5) is 14.1. The molecule has 142 valence electrons. The highest BCUT2D eigenvalue weighted by Gasteiger charge is 2.49. The molecule has 4 rings (SSSR count). The first-order chi connectivity index (χ1) is 13.0. The van der Waals surface area contributed by atoms with Gasteiger partial charge >= 0.3 is 6.09 Å². The summed E-state index contributed by atoms with van der Waals surface area (Å²) in [7, 11) is 0. The molecule has 1 N–H and O–H groups in total. The Kier molecular flexibility index (Phi) is 4.87. The predicted molar refractivity (Wildman–Crippen MR) is 99.5 cm³/mol. The molecule has 2 fully saturated rings. The molecular weight excluding hydrogens is 345 g/mol. The van der Waals surface area contributed by atoms with Gasteiger partial charge in [0.05, 0.1) is 5.60 Å². The van der Waals surface area contributed by atoms with Crippen molar-refractivity contribution in [1.29, 1.82) is 0 Å². The number of fused-ring (bicyclic) bond motifs is 1. The molecule has 1 heterocycles. The van der Waals surface area contributed by atoms with Crippen molar-refractivity contribution in [2.75, 3.05) is 13.1 Å². The summed E-state index contributed by atoms with van der Waals surface area (Å²) in [5.74, 6) is 0.214. The van der Waals surface area contributed by atoms with Crippen LogP contribution in [-0.4, -0.2) is 34.8 Å². The van der Waals surface area contributed by atoms with Crippen molar-refractivity contribution < 1.29 is 19.0 Å². The Labute approximate surface area is 158 Å². The maximum Gasteiger partial charge on any atom is 0.410 e. The van der Waals surface area contributed by atoms with Gasteiger partial charge in [-0.15, -0.1) is 0 Å². The molecule has 1 aliphatic heterocycles. The van der Waals surface area contributed by atoms with E-state index >= 15 is 0 Å². The number of carbonyl (C=O) groups is 1. The summed E-state index contributed by atoms with van der Waals surface area (Å²) in [5.41, 5.74) is 0.626. The SMILES string of the molecule is O=C(OCc1ccccc1)N1CC2CC(O)(Cc3ccccc3F)CC2C1. The van der Waals surface area contributed by atoms with E-state index in [0.29, 0.717) is 37.9 Å². The predicted octanol–water partition coefficient (Wildman–Crippen LogP) is 3.78. The third-order valence-electron chi connectivity index (χ3n) is 5.80. The van der Waals surface area contributed by atoms with Crippen LogP contribution in [0, 0.1) is 17.7 Å². The number of nitrogens with zero attached hydrogens (tertiary/aromatic N) is 1. The van der Waals surface area contributed by atoms with E-state index in [1.165, 1.54) is 6.07 Å². The summed E-state index contributed by atoms with van der Waals surface area (Å²) >= 11 is 0. The van der Waals surface area contributed by atoms with E-state index in [-0.39, 0.29) is 30.4 Å². The first kappa shape index (κ1) is 18.0. The van der Waals surface area contributed by atoms with E-state index in [1.54, 1.807) is 23.1 Å². The van der Waals surface area contributed by atoms with Crippen molar-refractivity contribution in [1.82, 2.24) is 4.90 Å². The number of halogens is 1. The van der Waals surface area contributed by atoms with Gasteiger partial charge in [-0.2, -0.15) is 0 Å². The molecule has 2 aliphatic rings. The minimum Gasteiger partial charge on any atom is -0.445 e. The Morgan fingerprint density at radius 1 is 1.07 bits per heavy atom. The molecule has 2 aromatic carbocycles. The van der Waals surface area contributed by atoms with Crippen LogP contribution in [0.25, 0.3) is 0 Å². The average molecular weight is 369 g/mol. The van der Waals surface area contributed by atoms with Crippen LogP contribution in [0.15, 0.2) is 54.6 Å². The Hall–Kier alpha value is -2.40. The fourth-order valence-electron chi connectivity index (χ4n) is 4.56. The summed E-state index contributed by atoms with van der Waals surface area (Å²) in [6, 6.07) is 16.2. The molecule has 0 bridgehead atoms. The molecule has 27 heavy (non-hydrogen) atoms. The highest BCUT2D eigenvalue weighted by atomic mass is 19.1. The minimum absolute atomic E-state index is 0.242. The van der Waals surface area contributed by atoms with E-state index in [9.17, 15) is 14.3 Å². The van der Waals surface area contributed by atoms with Gasteiger partial charge in [0.2, 0.25) is 0 Å². The van der Waals surface area contributed by atoms with Gasteiger partial charge in [-0.1, -0.05) is 48.5 Å². The second-order valence-electron chi connectivity index (χ2n) is 7.87. The topological polar surface area (TPSA) is 49.8 Å². The number of rotatable bonds is 4. The van der Waals surface area contributed by atoms with Gasteiger partial charge in [-0.3, -0.25) is 0 Å². The first-order valence-corrected chi connectivity index (χ1v) is 9.44. The molecule has 2 aromatic rings. The molecule has 0 radical (unpaired) electrons. The minimum atomic E-state index is -0.891. The Morgan fingerprint density at radius 2 is 1.70 bits per heavy atom. The standard InChI is InChI=1S/C22H24FNO3/c23-20-9-5-4-8-17(20)10-22(26)11-18-13-24(14-19(18)12-22)21(25)27-15-16-6-2-1-3-7-16/h1-9,18-19,26H,10-15H2. The van der Waals surface area contributed by atoms with Crippen molar-refractivity contribution in [2.45, 2.75) is 31.5 Å². The molecule has 4 nitrogen and oxygen atoms in total. The zero-order valence-electron chi connectivity index (χ0n) is 15.2. The number of ether oxygens (including phenoxy) is 1. The highest BCUT2D eigenvalue weighted by Crippen LogP contribution is 2.45. The van der Waals surface area contributed by atoms with Crippen molar-refractivity contribution in [3.8, 4) is 0 Å². The largest absolute Gasteiger partial charge is 0.445 e. The van der Waals surface area contributed by atoms with E-state index < -0.39 is 5.60 Å². The van der Waals surface area contributed by atoms with Gasteiger partial charge < -0.3 is 14.7 Å². The Bertz CT molecular complexity index is 796. The van der Waals surface area contributed by atoms with E-state index in [4.69, 9.17) is 4.74 Å². The normalized spacial score (nSPS) is 26.8. The fourth-order valence-corrected chi connectivity index (χ4v) is 4.56. The maximum atomic E-state index is 13.9. The van der Waals surface area contributed by atoms with Crippen LogP contribution in [0.1, 0.15) is 24.0 Å². The van der Waals surface area contributed by atoms with Gasteiger partial charge in [-0.05, 0) is 41.9 Å². The lowest BCUT2D eigenvalue weighted by atomic mass is 9.91. The lowest BCUT2D eigenvalue weighted by Gasteiger charge is -2.26. The molecule has 1 amide bonds. The molecule has 0 spiro atoms. The Balaban J connectivity index is 1.31. The van der Waals surface area contributed by atoms with Gasteiger partial charge in [-0.25, -0.2) is 9.18 Å². The number of hydrogen-bond donors (Lipinski definition) is 1. The van der Waals surface area contributed by atoms with Crippen LogP contribution in [0.2, 0.25) is 0 Å². The quantitative estimate of drug-likeness (QED) is 0.892. The zero-order chi connectivity index (χ0) is 18.9. The third-order valence-corrected chi connectivity index (χ3v) is 5.80. The molecule has 1 saturated carbocycles. The number of likely N-dealkylation sites (tertiary alicyclic amines) is 1. The first-order valence-electron chi connectivity index (χ1n) is 9.44. The summed E-state index contributed by atoms with van der Waals surface area (Å²) < 4.78 is 19.3. The highest BCUT2D eigenvalue weighted by molar-refractivity contribution is 5.68. The Morgan fingerprint density at radius 3 is 2.37 bits per heavy atom. The lowest BCUT2D eigenvalue weighted by Crippen LogP contribution is -2.35. The van der Waals surface area contributed by atoms with E-state index in [2.05, 4.69) is 0 Å². The number of hydrogen-bond acceptors (Lipinski definition) is 3. The smallest absolute Gasteiger partial charge is 0.410 e. The van der Waals surface area contributed by atoms with Gasteiger partial charge in [0.25, 0.3) is 0 Å². The fraction of sp³-hybridized carbons (Fsp3) is 0.409. The van der Waals surface area contributed by atoms with Gasteiger partial charge in [0, 0.05) is 19.5 Å². The lowest BCUT2D eigenvalue weighted by molar-refractivity contribution is 0.0329. The molecular formula is C22H24FNO3. The number of benzene rings is 2. The maximum absolute atomic E-state index is 13.9. The number of aliphatic hydroxyl groups is 1. The van der Waals surface area contributed by atoms with Crippen LogP contribution < -0.4 is 0 Å². The van der Waals surface area contributed by atoms with Crippen LogP contribution >= 0.6 is 0 Å².